The largest absolute Gasteiger partial charge is 0.313 e. The standard InChI is InChI=1S/C16H17ClFNS/c1-19-16(11-3-6-14(20-2)7-4-11)10-12-9-13(17)5-8-15(12)18/h3-9,16,19H,10H2,1-2H3. The number of benzene rings is 2. The van der Waals surface area contributed by atoms with Crippen LogP contribution in [0.4, 0.5) is 4.39 Å². The van der Waals surface area contributed by atoms with E-state index in [0.717, 1.165) is 5.56 Å². The Morgan fingerprint density at radius 2 is 1.90 bits per heavy atom. The van der Waals surface area contributed by atoms with Crippen molar-refractivity contribution in [3.8, 4) is 0 Å². The van der Waals surface area contributed by atoms with Crippen molar-refractivity contribution in [2.24, 2.45) is 0 Å². The van der Waals surface area contributed by atoms with Crippen molar-refractivity contribution in [1.82, 2.24) is 5.32 Å². The molecule has 1 nitrogen and oxygen atoms in total. The minimum absolute atomic E-state index is 0.0684. The molecule has 2 aromatic carbocycles. The third kappa shape index (κ3) is 3.75. The van der Waals surface area contributed by atoms with E-state index in [1.165, 1.54) is 11.0 Å². The number of likely N-dealkylation sites (N-methyl/N-ethyl adjacent to an activating group) is 1. The van der Waals surface area contributed by atoms with Crippen LogP contribution in [-0.2, 0) is 6.42 Å². The number of halogens is 2. The van der Waals surface area contributed by atoms with E-state index in [2.05, 4.69) is 29.6 Å². The van der Waals surface area contributed by atoms with Crippen LogP contribution in [0.25, 0.3) is 0 Å². The lowest BCUT2D eigenvalue weighted by Crippen LogP contribution is -2.19. The van der Waals surface area contributed by atoms with Crippen molar-refractivity contribution in [2.45, 2.75) is 17.4 Å². The minimum Gasteiger partial charge on any atom is -0.313 e. The highest BCUT2D eigenvalue weighted by Crippen LogP contribution is 2.24. The maximum atomic E-state index is 13.8. The van der Waals surface area contributed by atoms with Crippen LogP contribution in [0.5, 0.6) is 0 Å². The molecule has 4 heteroatoms. The van der Waals surface area contributed by atoms with Gasteiger partial charge < -0.3 is 5.32 Å². The van der Waals surface area contributed by atoms with Gasteiger partial charge in [0, 0.05) is 16.0 Å². The predicted molar refractivity (Wildman–Crippen MR) is 85.1 cm³/mol. The zero-order valence-electron chi connectivity index (χ0n) is 11.5. The van der Waals surface area contributed by atoms with Gasteiger partial charge in [-0.3, -0.25) is 0 Å². The van der Waals surface area contributed by atoms with Gasteiger partial charge in [0.2, 0.25) is 0 Å². The third-order valence-corrected chi connectivity index (χ3v) is 4.28. The average Bonchev–Trinajstić information content (AvgIpc) is 2.48. The first-order valence-electron chi connectivity index (χ1n) is 6.39. The second kappa shape index (κ2) is 7.11. The van der Waals surface area contributed by atoms with E-state index < -0.39 is 0 Å². The van der Waals surface area contributed by atoms with Gasteiger partial charge in [-0.2, -0.15) is 0 Å². The van der Waals surface area contributed by atoms with E-state index in [1.54, 1.807) is 23.9 Å². The zero-order chi connectivity index (χ0) is 14.5. The molecule has 1 N–H and O–H groups in total. The highest BCUT2D eigenvalue weighted by Gasteiger charge is 2.13. The van der Waals surface area contributed by atoms with Crippen LogP contribution >= 0.6 is 23.4 Å². The summed E-state index contributed by atoms with van der Waals surface area (Å²) in [6.45, 7) is 0. The summed E-state index contributed by atoms with van der Waals surface area (Å²) < 4.78 is 13.8. The second-order valence-corrected chi connectivity index (χ2v) is 5.87. The fourth-order valence-electron chi connectivity index (χ4n) is 2.14. The number of rotatable bonds is 5. The number of thioether (sulfide) groups is 1. The number of hydrogen-bond acceptors (Lipinski definition) is 2. The molecule has 0 saturated heterocycles. The van der Waals surface area contributed by atoms with Gasteiger partial charge in [-0.05, 0) is 61.2 Å². The van der Waals surface area contributed by atoms with Gasteiger partial charge in [-0.25, -0.2) is 4.39 Å². The van der Waals surface area contributed by atoms with Gasteiger partial charge in [0.25, 0.3) is 0 Å². The van der Waals surface area contributed by atoms with Crippen LogP contribution in [0.1, 0.15) is 17.2 Å². The van der Waals surface area contributed by atoms with Crippen LogP contribution in [0.15, 0.2) is 47.4 Å². The Kier molecular flexibility index (Phi) is 5.46. The summed E-state index contributed by atoms with van der Waals surface area (Å²) in [5.74, 6) is -0.213. The smallest absolute Gasteiger partial charge is 0.126 e. The number of hydrogen-bond donors (Lipinski definition) is 1. The SMILES string of the molecule is CNC(Cc1cc(Cl)ccc1F)c1ccc(SC)cc1. The predicted octanol–water partition coefficient (Wildman–Crippen LogP) is 4.70. The Hall–Kier alpha value is -1.03. The van der Waals surface area contributed by atoms with Crippen LogP contribution < -0.4 is 5.32 Å². The van der Waals surface area contributed by atoms with Crippen molar-refractivity contribution in [1.29, 1.82) is 0 Å². The Bertz CT molecular complexity index is 571. The Balaban J connectivity index is 2.21. The highest BCUT2D eigenvalue weighted by atomic mass is 35.5. The van der Waals surface area contributed by atoms with Crippen LogP contribution in [0.3, 0.4) is 0 Å². The monoisotopic (exact) mass is 309 g/mol. The molecule has 0 aliphatic rings. The first-order chi connectivity index (χ1) is 9.63. The third-order valence-electron chi connectivity index (χ3n) is 3.30. The summed E-state index contributed by atoms with van der Waals surface area (Å²) in [4.78, 5) is 1.22. The molecule has 20 heavy (non-hydrogen) atoms. The maximum absolute atomic E-state index is 13.8. The molecular formula is C16H17ClFNS. The van der Waals surface area contributed by atoms with E-state index in [0.29, 0.717) is 17.0 Å². The first kappa shape index (κ1) is 15.4. The molecule has 0 aliphatic heterocycles. The molecule has 0 radical (unpaired) electrons. The molecule has 0 aliphatic carbocycles. The fraction of sp³-hybridized carbons (Fsp3) is 0.250. The topological polar surface area (TPSA) is 12.0 Å². The van der Waals surface area contributed by atoms with Gasteiger partial charge in [0.05, 0.1) is 0 Å². The molecule has 0 bridgehead atoms. The lowest BCUT2D eigenvalue weighted by atomic mass is 9.99. The summed E-state index contributed by atoms with van der Waals surface area (Å²) in [7, 11) is 1.88. The molecule has 2 rings (SSSR count). The Morgan fingerprint density at radius 1 is 1.20 bits per heavy atom. The van der Waals surface area contributed by atoms with Crippen molar-refractivity contribution in [3.63, 3.8) is 0 Å². The van der Waals surface area contributed by atoms with Gasteiger partial charge in [-0.1, -0.05) is 23.7 Å². The molecule has 0 heterocycles. The van der Waals surface area contributed by atoms with Crippen LogP contribution in [0.2, 0.25) is 5.02 Å². The average molecular weight is 310 g/mol. The molecule has 0 fully saturated rings. The summed E-state index contributed by atoms with van der Waals surface area (Å²) in [6, 6.07) is 13.1. The summed E-state index contributed by atoms with van der Waals surface area (Å²) in [5, 5.41) is 3.80. The van der Waals surface area contributed by atoms with E-state index in [9.17, 15) is 4.39 Å². The van der Waals surface area contributed by atoms with E-state index in [4.69, 9.17) is 11.6 Å². The summed E-state index contributed by atoms with van der Waals surface area (Å²) >= 11 is 7.65. The maximum Gasteiger partial charge on any atom is 0.126 e. The fourth-order valence-corrected chi connectivity index (χ4v) is 2.75. The van der Waals surface area contributed by atoms with E-state index in [-0.39, 0.29) is 11.9 Å². The number of nitrogens with one attached hydrogen (secondary N) is 1. The quantitative estimate of drug-likeness (QED) is 0.803. The second-order valence-electron chi connectivity index (χ2n) is 4.55. The molecule has 0 spiro atoms. The summed E-state index contributed by atoms with van der Waals surface area (Å²) in [6.07, 6.45) is 2.62. The molecule has 0 amide bonds. The molecule has 0 aromatic heterocycles. The van der Waals surface area contributed by atoms with Crippen LogP contribution in [-0.4, -0.2) is 13.3 Å². The molecule has 1 unspecified atom stereocenters. The van der Waals surface area contributed by atoms with Crippen LogP contribution in [0, 0.1) is 5.82 Å². The summed E-state index contributed by atoms with van der Waals surface area (Å²) in [5.41, 5.74) is 1.77. The molecular weight excluding hydrogens is 293 g/mol. The molecule has 0 saturated carbocycles. The van der Waals surface area contributed by atoms with Crippen molar-refractivity contribution >= 4 is 23.4 Å². The normalized spacial score (nSPS) is 12.4. The zero-order valence-corrected chi connectivity index (χ0v) is 13.1. The lowest BCUT2D eigenvalue weighted by Gasteiger charge is -2.17. The molecule has 1 atom stereocenters. The first-order valence-corrected chi connectivity index (χ1v) is 7.99. The van der Waals surface area contributed by atoms with Gasteiger partial charge in [0.1, 0.15) is 5.82 Å². The van der Waals surface area contributed by atoms with Crippen molar-refractivity contribution < 1.29 is 4.39 Å². The minimum atomic E-state index is -0.213. The van der Waals surface area contributed by atoms with Gasteiger partial charge in [-0.15, -0.1) is 11.8 Å². The lowest BCUT2D eigenvalue weighted by molar-refractivity contribution is 0.554. The molecule has 106 valence electrons. The van der Waals surface area contributed by atoms with Gasteiger partial charge in [0.15, 0.2) is 0 Å². The Morgan fingerprint density at radius 3 is 2.50 bits per heavy atom. The Labute approximate surface area is 128 Å². The van der Waals surface area contributed by atoms with Gasteiger partial charge >= 0.3 is 0 Å². The highest BCUT2D eigenvalue weighted by molar-refractivity contribution is 7.98. The molecule has 2 aromatic rings. The van der Waals surface area contributed by atoms with E-state index >= 15 is 0 Å². The van der Waals surface area contributed by atoms with E-state index in [1.807, 2.05) is 13.3 Å². The van der Waals surface area contributed by atoms with Crippen molar-refractivity contribution in [3.05, 3.63) is 64.4 Å². The van der Waals surface area contributed by atoms with Crippen molar-refractivity contribution in [2.75, 3.05) is 13.3 Å².